The highest BCUT2D eigenvalue weighted by Crippen LogP contribution is 2.55. The van der Waals surface area contributed by atoms with E-state index in [-0.39, 0.29) is 12.1 Å². The van der Waals surface area contributed by atoms with Gasteiger partial charge in [0.05, 0.1) is 11.3 Å². The predicted molar refractivity (Wildman–Crippen MR) is 63.5 cm³/mol. The molecule has 1 aromatic rings. The second kappa shape index (κ2) is 5.30. The summed E-state index contributed by atoms with van der Waals surface area (Å²) in [6.07, 6.45) is -18.0. The third-order valence-electron chi connectivity index (χ3n) is 2.64. The SMILES string of the molecule is Nc1c(C(F)(F)F)ccc(C(F)(C(F)(F)F)C(F)(F)F)c1I. The number of anilines is 1. The fraction of sp³-hybridized carbons (Fsp3) is 0.400. The molecule has 1 nitrogen and oxygen atoms in total. The summed E-state index contributed by atoms with van der Waals surface area (Å²) in [6, 6.07) is -0.347. The van der Waals surface area contributed by atoms with Crippen molar-refractivity contribution in [1.29, 1.82) is 0 Å². The molecule has 22 heavy (non-hydrogen) atoms. The van der Waals surface area contributed by atoms with Gasteiger partial charge < -0.3 is 5.73 Å². The Morgan fingerprint density at radius 1 is 0.727 bits per heavy atom. The molecule has 0 bridgehead atoms. The van der Waals surface area contributed by atoms with Gasteiger partial charge in [-0.2, -0.15) is 39.5 Å². The van der Waals surface area contributed by atoms with Crippen LogP contribution in [-0.4, -0.2) is 12.4 Å². The zero-order valence-corrected chi connectivity index (χ0v) is 12.0. The minimum Gasteiger partial charge on any atom is -0.397 e. The lowest BCUT2D eigenvalue weighted by atomic mass is 9.92. The third kappa shape index (κ3) is 2.93. The molecule has 0 amide bonds. The Hall–Kier alpha value is -0.950. The van der Waals surface area contributed by atoms with E-state index < -0.39 is 44.6 Å². The Morgan fingerprint density at radius 3 is 1.41 bits per heavy atom. The van der Waals surface area contributed by atoms with Crippen molar-refractivity contribution in [2.75, 3.05) is 5.73 Å². The first-order valence-electron chi connectivity index (χ1n) is 5.03. The van der Waals surface area contributed by atoms with Gasteiger partial charge in [-0.05, 0) is 28.7 Å². The zero-order chi connectivity index (χ0) is 17.7. The van der Waals surface area contributed by atoms with Crippen LogP contribution in [0.2, 0.25) is 0 Å². The van der Waals surface area contributed by atoms with Gasteiger partial charge in [-0.1, -0.05) is 6.07 Å². The van der Waals surface area contributed by atoms with Gasteiger partial charge in [-0.3, -0.25) is 0 Å². The van der Waals surface area contributed by atoms with Gasteiger partial charge in [0.25, 0.3) is 0 Å². The maximum Gasteiger partial charge on any atom is 0.435 e. The van der Waals surface area contributed by atoms with Crippen LogP contribution in [0.5, 0.6) is 0 Å². The molecule has 126 valence electrons. The highest BCUT2D eigenvalue weighted by molar-refractivity contribution is 14.1. The molecule has 0 fully saturated rings. The van der Waals surface area contributed by atoms with Gasteiger partial charge in [-0.15, -0.1) is 0 Å². The molecule has 0 atom stereocenters. The number of rotatable bonds is 1. The minimum absolute atomic E-state index is 0.126. The minimum atomic E-state index is -6.43. The molecule has 0 spiro atoms. The van der Waals surface area contributed by atoms with Gasteiger partial charge in [0.1, 0.15) is 0 Å². The number of nitrogens with two attached hydrogens (primary N) is 1. The van der Waals surface area contributed by atoms with E-state index in [9.17, 15) is 43.9 Å². The third-order valence-corrected chi connectivity index (χ3v) is 3.80. The number of halogens is 11. The molecule has 0 saturated carbocycles. The van der Waals surface area contributed by atoms with Crippen molar-refractivity contribution < 1.29 is 43.9 Å². The first-order valence-corrected chi connectivity index (χ1v) is 6.11. The van der Waals surface area contributed by atoms with E-state index >= 15 is 0 Å². The topological polar surface area (TPSA) is 26.0 Å². The molecule has 0 unspecified atom stereocenters. The van der Waals surface area contributed by atoms with Crippen LogP contribution in [0.4, 0.5) is 49.6 Å². The molecule has 0 aliphatic carbocycles. The van der Waals surface area contributed by atoms with Crippen LogP contribution in [0.25, 0.3) is 0 Å². The van der Waals surface area contributed by atoms with Crippen molar-refractivity contribution in [3.63, 3.8) is 0 Å². The van der Waals surface area contributed by atoms with Crippen LogP contribution < -0.4 is 5.73 Å². The molecule has 1 rings (SSSR count). The molecule has 0 saturated heterocycles. The van der Waals surface area contributed by atoms with Crippen molar-refractivity contribution in [2.45, 2.75) is 24.2 Å². The smallest absolute Gasteiger partial charge is 0.397 e. The lowest BCUT2D eigenvalue weighted by molar-refractivity contribution is -0.348. The highest BCUT2D eigenvalue weighted by atomic mass is 127. The fourth-order valence-corrected chi connectivity index (χ4v) is 2.41. The Bertz CT molecular complexity index is 557. The Morgan fingerprint density at radius 2 is 1.09 bits per heavy atom. The van der Waals surface area contributed by atoms with E-state index in [1.807, 2.05) is 0 Å². The molecule has 0 aliphatic rings. The zero-order valence-electron chi connectivity index (χ0n) is 9.89. The summed E-state index contributed by atoms with van der Waals surface area (Å²) in [6.45, 7) is 0. The summed E-state index contributed by atoms with van der Waals surface area (Å²) in [5.74, 6) is 0. The van der Waals surface area contributed by atoms with Crippen LogP contribution in [0.1, 0.15) is 11.1 Å². The van der Waals surface area contributed by atoms with Crippen molar-refractivity contribution >= 4 is 28.3 Å². The molecule has 0 aliphatic heterocycles. The summed E-state index contributed by atoms with van der Waals surface area (Å²) in [5, 5.41) is 0. The van der Waals surface area contributed by atoms with Crippen LogP contribution in [0.15, 0.2) is 12.1 Å². The maximum absolute atomic E-state index is 13.8. The Kier molecular flexibility index (Phi) is 4.60. The monoisotopic (exact) mass is 455 g/mol. The van der Waals surface area contributed by atoms with E-state index in [4.69, 9.17) is 5.73 Å². The lowest BCUT2D eigenvalue weighted by Gasteiger charge is -2.31. The molecule has 12 heteroatoms. The van der Waals surface area contributed by atoms with Gasteiger partial charge in [0.15, 0.2) is 0 Å². The number of nitrogen functional groups attached to an aromatic ring is 1. The molecular weight excluding hydrogens is 451 g/mol. The normalized spacial score (nSPS) is 14.3. The molecular formula is C10H4F10IN. The molecule has 0 aromatic heterocycles. The quantitative estimate of drug-likeness (QED) is 0.353. The van der Waals surface area contributed by atoms with Gasteiger partial charge in [0.2, 0.25) is 0 Å². The average Bonchev–Trinajstić information content (AvgIpc) is 2.27. The van der Waals surface area contributed by atoms with Gasteiger partial charge in [-0.25, -0.2) is 4.39 Å². The largest absolute Gasteiger partial charge is 0.435 e. The van der Waals surface area contributed by atoms with Crippen molar-refractivity contribution in [3.05, 3.63) is 26.8 Å². The number of benzene rings is 1. The first kappa shape index (κ1) is 19.1. The number of hydrogen-bond donors (Lipinski definition) is 1. The van der Waals surface area contributed by atoms with E-state index in [1.54, 1.807) is 0 Å². The second-order valence-electron chi connectivity index (χ2n) is 4.04. The average molecular weight is 455 g/mol. The maximum atomic E-state index is 13.8. The molecule has 0 heterocycles. The molecule has 2 N–H and O–H groups in total. The summed E-state index contributed by atoms with van der Waals surface area (Å²) >= 11 is 0.711. The van der Waals surface area contributed by atoms with Crippen LogP contribution in [-0.2, 0) is 11.8 Å². The number of hydrogen-bond acceptors (Lipinski definition) is 1. The van der Waals surface area contributed by atoms with Crippen LogP contribution >= 0.6 is 22.6 Å². The van der Waals surface area contributed by atoms with E-state index in [2.05, 4.69) is 0 Å². The summed E-state index contributed by atoms with van der Waals surface area (Å²) in [5.41, 5.74) is -6.03. The van der Waals surface area contributed by atoms with Crippen LogP contribution in [0, 0.1) is 3.57 Å². The van der Waals surface area contributed by atoms with Gasteiger partial charge >= 0.3 is 24.2 Å². The highest BCUT2D eigenvalue weighted by Gasteiger charge is 2.74. The van der Waals surface area contributed by atoms with Crippen molar-refractivity contribution in [1.82, 2.24) is 0 Å². The fourth-order valence-electron chi connectivity index (χ4n) is 1.57. The number of alkyl halides is 10. The van der Waals surface area contributed by atoms with E-state index in [0.29, 0.717) is 22.6 Å². The second-order valence-corrected chi connectivity index (χ2v) is 5.12. The lowest BCUT2D eigenvalue weighted by Crippen LogP contribution is -2.51. The Labute approximate surface area is 129 Å². The van der Waals surface area contributed by atoms with E-state index in [0.717, 1.165) is 0 Å². The van der Waals surface area contributed by atoms with Crippen molar-refractivity contribution in [3.8, 4) is 0 Å². The van der Waals surface area contributed by atoms with Crippen LogP contribution in [0.3, 0.4) is 0 Å². The van der Waals surface area contributed by atoms with E-state index in [1.165, 1.54) is 0 Å². The summed E-state index contributed by atoms with van der Waals surface area (Å²) < 4.78 is 125. The first-order chi connectivity index (χ1) is 9.55. The Balaban J connectivity index is 3.72. The molecule has 0 radical (unpaired) electrons. The van der Waals surface area contributed by atoms with Gasteiger partial charge in [0, 0.05) is 9.13 Å². The summed E-state index contributed by atoms with van der Waals surface area (Å²) in [4.78, 5) is 0. The van der Waals surface area contributed by atoms with Crippen molar-refractivity contribution in [2.24, 2.45) is 0 Å². The summed E-state index contributed by atoms with van der Waals surface area (Å²) in [7, 11) is 0. The molecule has 1 aromatic carbocycles. The standard InChI is InChI=1S/C10H4F10IN/c11-7(9(15,16)17,10(18,19)20)3-1-2-4(8(12,13)14)6(22)5(3)21/h1-2H,22H2. The predicted octanol–water partition coefficient (Wildman–Crippen LogP) is 5.18.